The van der Waals surface area contributed by atoms with Crippen LogP contribution in [0.4, 0.5) is 15.0 Å². The number of benzene rings is 2. The molecule has 3 saturated heterocycles. The zero-order valence-electron chi connectivity index (χ0n) is 32.7. The lowest BCUT2D eigenvalue weighted by Crippen LogP contribution is -2.57. The molecule has 1 unspecified atom stereocenters. The van der Waals surface area contributed by atoms with Crippen LogP contribution in [0, 0.1) is 31.0 Å². The summed E-state index contributed by atoms with van der Waals surface area (Å²) in [5, 5.41) is 21.9. The van der Waals surface area contributed by atoms with Gasteiger partial charge in [0.25, 0.3) is 0 Å². The van der Waals surface area contributed by atoms with Gasteiger partial charge in [-0.05, 0) is 104 Å². The van der Waals surface area contributed by atoms with E-state index < -0.39 is 17.5 Å². The number of nitrogens with zero attached hydrogens (tertiary/aromatic N) is 9. The van der Waals surface area contributed by atoms with E-state index in [-0.39, 0.29) is 35.3 Å². The molecular weight excluding hydrogens is 721 g/mol. The third kappa shape index (κ3) is 6.55. The highest BCUT2D eigenvalue weighted by molar-refractivity contribution is 6.35. The van der Waals surface area contributed by atoms with E-state index in [2.05, 4.69) is 36.0 Å². The number of aromatic nitrogens is 5. The van der Waals surface area contributed by atoms with Crippen LogP contribution in [0.5, 0.6) is 0 Å². The molecule has 3 aliphatic rings. The Balaban J connectivity index is 1.28. The predicted octanol–water partition coefficient (Wildman–Crippen LogP) is 8.31. The normalized spacial score (nSPS) is 21.1. The van der Waals surface area contributed by atoms with Crippen molar-refractivity contribution in [2.24, 2.45) is 0 Å². The molecule has 3 aliphatic heterocycles. The van der Waals surface area contributed by atoms with Gasteiger partial charge in [-0.2, -0.15) is 15.5 Å². The largest absolute Gasteiger partial charge is 0.444 e. The van der Waals surface area contributed by atoms with Crippen molar-refractivity contribution in [3.63, 3.8) is 0 Å². The lowest BCUT2D eigenvalue weighted by Gasteiger charge is -2.43. The Bertz CT molecular complexity index is 2350. The molecule has 0 radical (unpaired) electrons. The smallest absolute Gasteiger partial charge is 0.410 e. The number of pyridine rings is 1. The molecular formula is C41H49ClFN9O3. The van der Waals surface area contributed by atoms with Crippen molar-refractivity contribution in [3.8, 4) is 17.2 Å². The lowest BCUT2D eigenvalue weighted by molar-refractivity contribution is -0.0366. The molecule has 12 nitrogen and oxygen atoms in total. The van der Waals surface area contributed by atoms with E-state index in [1.165, 1.54) is 0 Å². The molecule has 0 bridgehead atoms. The maximum absolute atomic E-state index is 17.7. The maximum atomic E-state index is 17.7. The number of aryl methyl sites for hydroxylation is 1. The van der Waals surface area contributed by atoms with Crippen LogP contribution < -0.4 is 4.90 Å². The predicted molar refractivity (Wildman–Crippen MR) is 212 cm³/mol. The van der Waals surface area contributed by atoms with Crippen molar-refractivity contribution in [1.29, 1.82) is 5.26 Å². The molecule has 0 saturated carbocycles. The number of halogens is 2. The quantitative estimate of drug-likeness (QED) is 0.168. The van der Waals surface area contributed by atoms with Gasteiger partial charge in [0.2, 0.25) is 0 Å². The molecule has 55 heavy (non-hydrogen) atoms. The summed E-state index contributed by atoms with van der Waals surface area (Å²) < 4.78 is 33.4. The minimum atomic E-state index is -0.663. The van der Waals surface area contributed by atoms with E-state index in [1.807, 2.05) is 56.2 Å². The van der Waals surface area contributed by atoms with Gasteiger partial charge in [0, 0.05) is 54.2 Å². The van der Waals surface area contributed by atoms with Gasteiger partial charge in [0.05, 0.1) is 58.4 Å². The number of likely N-dealkylation sites (N-methyl/N-ethyl adjacent to an activating group) is 1. The minimum absolute atomic E-state index is 0.153. The molecule has 290 valence electrons. The van der Waals surface area contributed by atoms with E-state index in [4.69, 9.17) is 36.3 Å². The molecule has 0 N–H and O–H groups in total. The van der Waals surface area contributed by atoms with Crippen LogP contribution >= 0.6 is 11.6 Å². The van der Waals surface area contributed by atoms with E-state index in [9.17, 15) is 10.1 Å². The summed E-state index contributed by atoms with van der Waals surface area (Å²) in [7, 11) is 4.12. The van der Waals surface area contributed by atoms with Crippen LogP contribution in [-0.2, 0) is 9.47 Å². The topological polar surface area (TPSA) is 118 Å². The van der Waals surface area contributed by atoms with Gasteiger partial charge in [0.1, 0.15) is 16.9 Å². The number of piperidine rings is 1. The van der Waals surface area contributed by atoms with Crippen LogP contribution in [0.3, 0.4) is 0 Å². The van der Waals surface area contributed by atoms with Crippen LogP contribution in [0.2, 0.25) is 5.02 Å². The zero-order valence-corrected chi connectivity index (χ0v) is 33.5. The Morgan fingerprint density at radius 2 is 1.82 bits per heavy atom. The number of anilines is 1. The van der Waals surface area contributed by atoms with E-state index in [1.54, 1.807) is 11.1 Å². The number of likely N-dealkylation sites (tertiary alicyclic amines) is 1. The first kappa shape index (κ1) is 37.4. The van der Waals surface area contributed by atoms with Gasteiger partial charge in [-0.25, -0.2) is 18.9 Å². The standard InChI is InChI=1S/C41H49ClFN9O3/c1-23-16-32-29(19-46-52(32)33-10-8-9-15-54-33)34(24(23)2)35-31(42)18-28-37(36(35)43)47-39(49-21-27(22-49)48(6)7)30-20-45-51(38(28)30)26-12-14-50(25(17-26)11-13-44)40(53)55-41(3,4)5/h16,18-20,25-27,33H,8-12,14-15,17,21-22H2,1-7H3/t25-,26+,33?/m1/s1. The van der Waals surface area contributed by atoms with Crippen molar-refractivity contribution >= 4 is 56.2 Å². The second-order valence-electron chi connectivity index (χ2n) is 16.7. The minimum Gasteiger partial charge on any atom is -0.444 e. The van der Waals surface area contributed by atoms with E-state index >= 15 is 4.39 Å². The summed E-state index contributed by atoms with van der Waals surface area (Å²) in [4.78, 5) is 24.4. The highest BCUT2D eigenvalue weighted by Gasteiger charge is 2.38. The summed E-state index contributed by atoms with van der Waals surface area (Å²) in [5.41, 5.74) is 4.07. The van der Waals surface area contributed by atoms with Gasteiger partial charge in [-0.3, -0.25) is 4.68 Å². The van der Waals surface area contributed by atoms with Crippen molar-refractivity contribution in [3.05, 3.63) is 46.5 Å². The molecule has 0 aliphatic carbocycles. The van der Waals surface area contributed by atoms with Crippen LogP contribution in [0.15, 0.2) is 24.5 Å². The Kier molecular flexibility index (Phi) is 9.67. The number of ether oxygens (including phenoxy) is 2. The number of hydrogen-bond acceptors (Lipinski definition) is 9. The number of amides is 1. The molecule has 3 fully saturated rings. The molecule has 1 amide bonds. The van der Waals surface area contributed by atoms with Gasteiger partial charge in [-0.15, -0.1) is 0 Å². The molecule has 3 aromatic heterocycles. The average molecular weight is 770 g/mol. The molecule has 14 heteroatoms. The number of nitriles is 1. The van der Waals surface area contributed by atoms with Crippen molar-refractivity contribution in [2.75, 3.05) is 45.2 Å². The summed E-state index contributed by atoms with van der Waals surface area (Å²) in [6, 6.07) is 5.99. The van der Waals surface area contributed by atoms with Crippen molar-refractivity contribution in [2.45, 2.75) is 103 Å². The molecule has 6 heterocycles. The summed E-state index contributed by atoms with van der Waals surface area (Å²) in [6.45, 7) is 12.1. The second-order valence-corrected chi connectivity index (χ2v) is 17.1. The first-order valence-corrected chi connectivity index (χ1v) is 19.7. The number of carbonyl (C=O) groups excluding carboxylic acids is 1. The van der Waals surface area contributed by atoms with Crippen LogP contribution in [-0.4, -0.2) is 98.5 Å². The Morgan fingerprint density at radius 1 is 1.07 bits per heavy atom. The van der Waals surface area contributed by atoms with Gasteiger partial charge < -0.3 is 24.2 Å². The molecule has 3 atom stereocenters. The van der Waals surface area contributed by atoms with E-state index in [0.717, 1.165) is 65.3 Å². The Morgan fingerprint density at radius 3 is 2.51 bits per heavy atom. The summed E-state index contributed by atoms with van der Waals surface area (Å²) >= 11 is 7.24. The maximum Gasteiger partial charge on any atom is 0.410 e. The fraction of sp³-hybridized carbons (Fsp3) is 0.537. The van der Waals surface area contributed by atoms with Crippen LogP contribution in [0.1, 0.15) is 82.7 Å². The fourth-order valence-electron chi connectivity index (χ4n) is 8.56. The Hall–Kier alpha value is -4.51. The third-order valence-corrected chi connectivity index (χ3v) is 12.0. The average Bonchev–Trinajstić information content (AvgIpc) is 3.74. The first-order chi connectivity index (χ1) is 26.3. The SMILES string of the molecule is Cc1cc2c(cnn2C2CCCCO2)c(-c2c(Cl)cc3c(nc(N4CC(N(C)C)C4)c4cnn([C@H]5CCN(C(=O)OC(C)(C)C)[C@H](CC#N)C5)c43)c2F)c1C. The zero-order chi connectivity index (χ0) is 38.9. The monoisotopic (exact) mass is 769 g/mol. The van der Waals surface area contributed by atoms with Crippen LogP contribution in [0.25, 0.3) is 43.8 Å². The first-order valence-electron chi connectivity index (χ1n) is 19.3. The number of rotatable bonds is 6. The number of hydrogen-bond donors (Lipinski definition) is 0. The highest BCUT2D eigenvalue weighted by atomic mass is 35.5. The molecule has 8 rings (SSSR count). The van der Waals surface area contributed by atoms with E-state index in [0.29, 0.717) is 54.4 Å². The number of fused-ring (bicyclic) bond motifs is 4. The second kappa shape index (κ2) is 14.2. The van der Waals surface area contributed by atoms with Gasteiger partial charge >= 0.3 is 6.09 Å². The summed E-state index contributed by atoms with van der Waals surface area (Å²) in [5.74, 6) is 0.175. The van der Waals surface area contributed by atoms with Gasteiger partial charge in [-0.1, -0.05) is 11.6 Å². The van der Waals surface area contributed by atoms with Gasteiger partial charge in [0.15, 0.2) is 12.0 Å². The van der Waals surface area contributed by atoms with Crippen molar-refractivity contribution in [1.82, 2.24) is 34.3 Å². The molecule has 0 spiro atoms. The summed E-state index contributed by atoms with van der Waals surface area (Å²) in [6.07, 6.45) is 7.17. The fourth-order valence-corrected chi connectivity index (χ4v) is 8.85. The lowest BCUT2D eigenvalue weighted by atomic mass is 9.92. The number of carbonyl (C=O) groups is 1. The van der Waals surface area contributed by atoms with Crippen molar-refractivity contribution < 1.29 is 18.7 Å². The third-order valence-electron chi connectivity index (χ3n) is 11.7. The molecule has 2 aromatic carbocycles. The molecule has 5 aromatic rings. The Labute approximate surface area is 325 Å². The highest BCUT2D eigenvalue weighted by Crippen LogP contribution is 2.46.